The Morgan fingerprint density at radius 2 is 2.00 bits per heavy atom. The molecule has 4 heteroatoms. The van der Waals surface area contributed by atoms with Crippen LogP contribution >= 0.6 is 11.6 Å². The Labute approximate surface area is 120 Å². The van der Waals surface area contributed by atoms with E-state index in [1.165, 1.54) is 12.5 Å². The van der Waals surface area contributed by atoms with Gasteiger partial charge in [0, 0.05) is 12.6 Å². The topological polar surface area (TPSA) is 21.3 Å². The average Bonchev–Trinajstić information content (AvgIpc) is 2.37. The lowest BCUT2D eigenvalue weighted by Gasteiger charge is -2.15. The van der Waals surface area contributed by atoms with Crippen molar-refractivity contribution in [1.29, 1.82) is 0 Å². The summed E-state index contributed by atoms with van der Waals surface area (Å²) in [6, 6.07) is 5.23. The zero-order valence-corrected chi connectivity index (χ0v) is 12.6. The zero-order chi connectivity index (χ0) is 14.3. The molecule has 1 N–H and O–H groups in total. The molecule has 0 amide bonds. The highest BCUT2D eigenvalue weighted by atomic mass is 35.5. The van der Waals surface area contributed by atoms with E-state index in [0.29, 0.717) is 19.2 Å². The summed E-state index contributed by atoms with van der Waals surface area (Å²) in [5.41, 5.74) is 0. The Kier molecular flexibility index (Phi) is 7.17. The Hall–Kier alpha value is -0.800. The second kappa shape index (κ2) is 8.39. The largest absolute Gasteiger partial charge is 0.489 e. The molecular weight excluding hydrogens is 265 g/mol. The van der Waals surface area contributed by atoms with Crippen molar-refractivity contribution in [2.75, 3.05) is 13.2 Å². The molecule has 0 saturated carbocycles. The molecule has 1 unspecified atom stereocenters. The van der Waals surface area contributed by atoms with E-state index < -0.39 is 5.82 Å². The molecule has 1 aromatic carbocycles. The number of ether oxygens (including phenoxy) is 1. The van der Waals surface area contributed by atoms with Crippen LogP contribution in [0.2, 0.25) is 5.02 Å². The fourth-order valence-corrected chi connectivity index (χ4v) is 1.91. The molecule has 0 aromatic heterocycles. The number of halogens is 2. The Bertz CT molecular complexity index is 384. The van der Waals surface area contributed by atoms with Gasteiger partial charge in [-0.1, -0.05) is 31.5 Å². The van der Waals surface area contributed by atoms with Crippen LogP contribution in [0.5, 0.6) is 5.75 Å². The first-order chi connectivity index (χ1) is 9.00. The summed E-state index contributed by atoms with van der Waals surface area (Å²) in [4.78, 5) is 0. The molecule has 0 spiro atoms. The zero-order valence-electron chi connectivity index (χ0n) is 11.9. The van der Waals surface area contributed by atoms with E-state index in [0.717, 1.165) is 12.3 Å². The fourth-order valence-electron chi connectivity index (χ4n) is 1.75. The molecule has 108 valence electrons. The van der Waals surface area contributed by atoms with Crippen LogP contribution in [0.4, 0.5) is 4.39 Å². The van der Waals surface area contributed by atoms with Gasteiger partial charge in [-0.25, -0.2) is 4.39 Å². The molecule has 0 saturated heterocycles. The van der Waals surface area contributed by atoms with Crippen LogP contribution in [-0.4, -0.2) is 19.2 Å². The van der Waals surface area contributed by atoms with Crippen LogP contribution in [0, 0.1) is 11.7 Å². The summed E-state index contributed by atoms with van der Waals surface area (Å²) >= 11 is 5.68. The van der Waals surface area contributed by atoms with Crippen molar-refractivity contribution >= 4 is 11.6 Å². The molecule has 0 radical (unpaired) electrons. The molecular formula is C15H23ClFNO. The first-order valence-electron chi connectivity index (χ1n) is 6.81. The minimum atomic E-state index is -0.489. The van der Waals surface area contributed by atoms with Crippen LogP contribution in [0.1, 0.15) is 33.6 Å². The number of rotatable bonds is 8. The smallest absolute Gasteiger partial charge is 0.183 e. The van der Waals surface area contributed by atoms with E-state index in [4.69, 9.17) is 16.3 Å². The van der Waals surface area contributed by atoms with Crippen molar-refractivity contribution in [2.45, 2.75) is 39.7 Å². The van der Waals surface area contributed by atoms with Gasteiger partial charge in [-0.05, 0) is 37.8 Å². The maximum absolute atomic E-state index is 13.5. The lowest BCUT2D eigenvalue weighted by molar-refractivity contribution is 0.290. The summed E-state index contributed by atoms with van der Waals surface area (Å²) in [5, 5.41) is 3.46. The normalized spacial score (nSPS) is 12.7. The maximum atomic E-state index is 13.5. The summed E-state index contributed by atoms with van der Waals surface area (Å²) in [6.45, 7) is 7.73. The van der Waals surface area contributed by atoms with Crippen molar-refractivity contribution in [3.05, 3.63) is 29.0 Å². The van der Waals surface area contributed by atoms with Crippen molar-refractivity contribution in [3.63, 3.8) is 0 Å². The molecule has 0 aliphatic carbocycles. The highest BCUT2D eigenvalue weighted by molar-refractivity contribution is 6.30. The number of benzene rings is 1. The highest BCUT2D eigenvalue weighted by Crippen LogP contribution is 2.23. The highest BCUT2D eigenvalue weighted by Gasteiger charge is 2.07. The van der Waals surface area contributed by atoms with Gasteiger partial charge < -0.3 is 10.1 Å². The molecule has 1 atom stereocenters. The van der Waals surface area contributed by atoms with E-state index in [1.54, 1.807) is 12.1 Å². The van der Waals surface area contributed by atoms with Crippen LogP contribution in [0.3, 0.4) is 0 Å². The maximum Gasteiger partial charge on any atom is 0.183 e. The molecule has 1 rings (SSSR count). The van der Waals surface area contributed by atoms with Crippen molar-refractivity contribution in [1.82, 2.24) is 5.32 Å². The Morgan fingerprint density at radius 3 is 2.68 bits per heavy atom. The first kappa shape index (κ1) is 16.3. The van der Waals surface area contributed by atoms with Gasteiger partial charge in [0.25, 0.3) is 0 Å². The van der Waals surface area contributed by atoms with Crippen molar-refractivity contribution in [2.24, 2.45) is 5.92 Å². The minimum absolute atomic E-state index is 0.0933. The van der Waals surface area contributed by atoms with Gasteiger partial charge in [0.15, 0.2) is 11.6 Å². The minimum Gasteiger partial charge on any atom is -0.489 e. The molecule has 0 bridgehead atoms. The lowest BCUT2D eigenvalue weighted by Crippen LogP contribution is -2.30. The summed E-state index contributed by atoms with van der Waals surface area (Å²) in [6.07, 6.45) is 2.35. The van der Waals surface area contributed by atoms with E-state index in [2.05, 4.69) is 26.1 Å². The van der Waals surface area contributed by atoms with Gasteiger partial charge in [-0.15, -0.1) is 0 Å². The van der Waals surface area contributed by atoms with E-state index in [1.807, 2.05) is 0 Å². The molecule has 2 nitrogen and oxygen atoms in total. The second-order valence-electron chi connectivity index (χ2n) is 5.23. The van der Waals surface area contributed by atoms with Crippen molar-refractivity contribution in [3.8, 4) is 5.75 Å². The van der Waals surface area contributed by atoms with Crippen LogP contribution in [0.15, 0.2) is 18.2 Å². The molecule has 0 fully saturated rings. The second-order valence-corrected chi connectivity index (χ2v) is 5.63. The molecule has 0 heterocycles. The Balaban J connectivity index is 2.22. The average molecular weight is 288 g/mol. The standard InChI is InChI=1S/C15H23ClFNO/c1-11(2)7-8-12(3)18-9-10-19-14-6-4-5-13(16)15(14)17/h4-6,11-12,18H,7-10H2,1-3H3. The summed E-state index contributed by atoms with van der Waals surface area (Å²) in [5.74, 6) is 0.446. The third kappa shape index (κ3) is 6.26. The third-order valence-corrected chi connectivity index (χ3v) is 3.24. The monoisotopic (exact) mass is 287 g/mol. The molecule has 0 aliphatic heterocycles. The van der Waals surface area contributed by atoms with Gasteiger partial charge in [0.05, 0.1) is 5.02 Å². The van der Waals surface area contributed by atoms with Gasteiger partial charge in [0.1, 0.15) is 6.61 Å². The SMILES string of the molecule is CC(C)CCC(C)NCCOc1cccc(Cl)c1F. The van der Waals surface area contributed by atoms with E-state index in [9.17, 15) is 4.39 Å². The summed E-state index contributed by atoms with van der Waals surface area (Å²) < 4.78 is 18.9. The van der Waals surface area contributed by atoms with Gasteiger partial charge >= 0.3 is 0 Å². The third-order valence-electron chi connectivity index (χ3n) is 2.95. The number of hydrogen-bond donors (Lipinski definition) is 1. The fraction of sp³-hybridized carbons (Fsp3) is 0.600. The molecule has 19 heavy (non-hydrogen) atoms. The van der Waals surface area contributed by atoms with Crippen LogP contribution in [0.25, 0.3) is 0 Å². The summed E-state index contributed by atoms with van der Waals surface area (Å²) in [7, 11) is 0. The van der Waals surface area contributed by atoms with Crippen LogP contribution < -0.4 is 10.1 Å². The quantitative estimate of drug-likeness (QED) is 0.721. The van der Waals surface area contributed by atoms with E-state index in [-0.39, 0.29) is 10.8 Å². The predicted molar refractivity (Wildman–Crippen MR) is 78.4 cm³/mol. The van der Waals surface area contributed by atoms with E-state index >= 15 is 0 Å². The van der Waals surface area contributed by atoms with Gasteiger partial charge in [-0.3, -0.25) is 0 Å². The van der Waals surface area contributed by atoms with Crippen LogP contribution in [-0.2, 0) is 0 Å². The van der Waals surface area contributed by atoms with Gasteiger partial charge in [-0.2, -0.15) is 0 Å². The Morgan fingerprint density at radius 1 is 1.26 bits per heavy atom. The lowest BCUT2D eigenvalue weighted by atomic mass is 10.0. The molecule has 0 aliphatic rings. The number of nitrogens with one attached hydrogen (secondary N) is 1. The first-order valence-corrected chi connectivity index (χ1v) is 7.18. The molecule has 1 aromatic rings. The van der Waals surface area contributed by atoms with Crippen molar-refractivity contribution < 1.29 is 9.13 Å². The number of hydrogen-bond acceptors (Lipinski definition) is 2. The van der Waals surface area contributed by atoms with Gasteiger partial charge in [0.2, 0.25) is 0 Å². The predicted octanol–water partition coefficient (Wildman–Crippen LogP) is 4.27.